The maximum Gasteiger partial charge on any atom is 0.0377 e. The Labute approximate surface area is 106 Å². The van der Waals surface area contributed by atoms with Gasteiger partial charge in [-0.25, -0.2) is 0 Å². The van der Waals surface area contributed by atoms with E-state index in [4.69, 9.17) is 0 Å². The van der Waals surface area contributed by atoms with Crippen LogP contribution in [0.15, 0.2) is 24.3 Å². The lowest BCUT2D eigenvalue weighted by Gasteiger charge is -2.19. The molecule has 0 amide bonds. The zero-order valence-electron chi connectivity index (χ0n) is 11.4. The molecule has 0 aliphatic heterocycles. The van der Waals surface area contributed by atoms with Gasteiger partial charge in [-0.1, -0.05) is 45.4 Å². The Hall–Kier alpha value is -0.980. The summed E-state index contributed by atoms with van der Waals surface area (Å²) in [6.07, 6.45) is 5.43. The average Bonchev–Trinajstić information content (AvgIpc) is 2.77. The molecule has 0 heterocycles. The first-order valence-corrected chi connectivity index (χ1v) is 7.06. The van der Waals surface area contributed by atoms with E-state index in [1.165, 1.54) is 36.9 Å². The quantitative estimate of drug-likeness (QED) is 0.784. The minimum Gasteiger partial charge on any atom is -0.382 e. The van der Waals surface area contributed by atoms with Crippen LogP contribution in [0.2, 0.25) is 0 Å². The number of hydrogen-bond donors (Lipinski definition) is 1. The Bertz CT molecular complexity index is 356. The molecule has 17 heavy (non-hydrogen) atoms. The van der Waals surface area contributed by atoms with Gasteiger partial charge >= 0.3 is 0 Å². The molecule has 2 unspecified atom stereocenters. The van der Waals surface area contributed by atoms with Crippen molar-refractivity contribution in [3.8, 4) is 0 Å². The molecule has 0 aromatic heterocycles. The standard InChI is InChI=1S/C16H25N/c1-4-13-9-10-14(11-13)17-16-8-6-5-7-15(16)12(2)3/h5-8,12-14,17H,4,9-11H2,1-3H3. The number of nitrogens with one attached hydrogen (secondary N) is 1. The molecule has 1 aromatic carbocycles. The van der Waals surface area contributed by atoms with Gasteiger partial charge in [-0.15, -0.1) is 0 Å². The zero-order valence-corrected chi connectivity index (χ0v) is 11.4. The number of benzene rings is 1. The second-order valence-electron chi connectivity index (χ2n) is 5.67. The van der Waals surface area contributed by atoms with Crippen molar-refractivity contribution in [2.45, 2.75) is 58.4 Å². The molecule has 1 fully saturated rings. The summed E-state index contributed by atoms with van der Waals surface area (Å²) < 4.78 is 0. The van der Waals surface area contributed by atoms with E-state index in [9.17, 15) is 0 Å². The maximum absolute atomic E-state index is 3.76. The van der Waals surface area contributed by atoms with E-state index >= 15 is 0 Å². The number of para-hydroxylation sites is 1. The number of rotatable bonds is 4. The fraction of sp³-hybridized carbons (Fsp3) is 0.625. The van der Waals surface area contributed by atoms with E-state index in [2.05, 4.69) is 50.4 Å². The van der Waals surface area contributed by atoms with E-state index in [1.54, 1.807) is 0 Å². The lowest BCUT2D eigenvalue weighted by Crippen LogP contribution is -2.16. The fourth-order valence-corrected chi connectivity index (χ4v) is 2.93. The van der Waals surface area contributed by atoms with Gasteiger partial charge in [0, 0.05) is 11.7 Å². The Balaban J connectivity index is 2.04. The molecule has 94 valence electrons. The lowest BCUT2D eigenvalue weighted by molar-refractivity contribution is 0.525. The molecule has 2 atom stereocenters. The topological polar surface area (TPSA) is 12.0 Å². The van der Waals surface area contributed by atoms with Crippen LogP contribution in [-0.2, 0) is 0 Å². The molecule has 1 N–H and O–H groups in total. The van der Waals surface area contributed by atoms with Crippen molar-refractivity contribution in [2.24, 2.45) is 5.92 Å². The predicted molar refractivity (Wildman–Crippen MR) is 75.6 cm³/mol. The summed E-state index contributed by atoms with van der Waals surface area (Å²) in [6.45, 7) is 6.85. The Kier molecular flexibility index (Phi) is 4.09. The number of hydrogen-bond acceptors (Lipinski definition) is 1. The van der Waals surface area contributed by atoms with Gasteiger partial charge < -0.3 is 5.32 Å². The molecule has 1 aromatic rings. The summed E-state index contributed by atoms with van der Waals surface area (Å²) in [5.74, 6) is 1.54. The van der Waals surface area contributed by atoms with Crippen LogP contribution in [0.4, 0.5) is 5.69 Å². The van der Waals surface area contributed by atoms with Gasteiger partial charge in [-0.2, -0.15) is 0 Å². The second-order valence-corrected chi connectivity index (χ2v) is 5.67. The summed E-state index contributed by atoms with van der Waals surface area (Å²) >= 11 is 0. The van der Waals surface area contributed by atoms with Crippen LogP contribution in [0.25, 0.3) is 0 Å². The largest absolute Gasteiger partial charge is 0.382 e. The van der Waals surface area contributed by atoms with Gasteiger partial charge in [0.2, 0.25) is 0 Å². The summed E-state index contributed by atoms with van der Waals surface area (Å²) in [5, 5.41) is 3.76. The van der Waals surface area contributed by atoms with Crippen molar-refractivity contribution >= 4 is 5.69 Å². The highest BCUT2D eigenvalue weighted by Gasteiger charge is 2.23. The third-order valence-electron chi connectivity index (χ3n) is 4.06. The van der Waals surface area contributed by atoms with Gasteiger partial charge in [0.1, 0.15) is 0 Å². The van der Waals surface area contributed by atoms with Crippen molar-refractivity contribution in [1.82, 2.24) is 0 Å². The van der Waals surface area contributed by atoms with E-state index in [-0.39, 0.29) is 0 Å². The normalized spacial score (nSPS) is 24.2. The smallest absolute Gasteiger partial charge is 0.0377 e. The van der Waals surface area contributed by atoms with Gasteiger partial charge in [0.05, 0.1) is 0 Å². The predicted octanol–water partition coefficient (Wildman–Crippen LogP) is 4.80. The Morgan fingerprint density at radius 1 is 1.24 bits per heavy atom. The molecule has 1 aliphatic rings. The Morgan fingerprint density at radius 3 is 2.65 bits per heavy atom. The van der Waals surface area contributed by atoms with Crippen LogP contribution < -0.4 is 5.32 Å². The SMILES string of the molecule is CCC1CCC(Nc2ccccc2C(C)C)C1. The molecule has 0 bridgehead atoms. The van der Waals surface area contributed by atoms with Crippen LogP contribution in [0, 0.1) is 5.92 Å². The van der Waals surface area contributed by atoms with Crippen LogP contribution in [0.5, 0.6) is 0 Å². The van der Waals surface area contributed by atoms with Crippen molar-refractivity contribution in [3.05, 3.63) is 29.8 Å². The van der Waals surface area contributed by atoms with Crippen molar-refractivity contribution in [2.75, 3.05) is 5.32 Å². The molecule has 0 spiro atoms. The first-order valence-electron chi connectivity index (χ1n) is 7.06. The molecule has 1 saturated carbocycles. The van der Waals surface area contributed by atoms with Crippen molar-refractivity contribution in [1.29, 1.82) is 0 Å². The van der Waals surface area contributed by atoms with E-state index in [0.717, 1.165) is 5.92 Å². The van der Waals surface area contributed by atoms with Crippen LogP contribution in [-0.4, -0.2) is 6.04 Å². The van der Waals surface area contributed by atoms with Crippen LogP contribution in [0.1, 0.15) is 57.9 Å². The summed E-state index contributed by atoms with van der Waals surface area (Å²) in [7, 11) is 0. The molecule has 0 saturated heterocycles. The van der Waals surface area contributed by atoms with Crippen LogP contribution >= 0.6 is 0 Å². The average molecular weight is 231 g/mol. The molecule has 2 rings (SSSR count). The zero-order chi connectivity index (χ0) is 12.3. The minimum absolute atomic E-state index is 0.599. The van der Waals surface area contributed by atoms with Gasteiger partial charge in [-0.05, 0) is 42.7 Å². The van der Waals surface area contributed by atoms with Gasteiger partial charge in [0.25, 0.3) is 0 Å². The van der Waals surface area contributed by atoms with Gasteiger partial charge in [0.15, 0.2) is 0 Å². The van der Waals surface area contributed by atoms with Gasteiger partial charge in [-0.3, -0.25) is 0 Å². The molecule has 0 radical (unpaired) electrons. The highest BCUT2D eigenvalue weighted by atomic mass is 14.9. The highest BCUT2D eigenvalue weighted by molar-refractivity contribution is 5.53. The van der Waals surface area contributed by atoms with Crippen molar-refractivity contribution < 1.29 is 0 Å². The van der Waals surface area contributed by atoms with Crippen molar-refractivity contribution in [3.63, 3.8) is 0 Å². The minimum atomic E-state index is 0.599. The number of anilines is 1. The Morgan fingerprint density at radius 2 is 2.00 bits per heavy atom. The first kappa shape index (κ1) is 12.5. The summed E-state index contributed by atoms with van der Waals surface area (Å²) in [6, 6.07) is 9.46. The maximum atomic E-state index is 3.76. The van der Waals surface area contributed by atoms with E-state index < -0.39 is 0 Å². The second kappa shape index (κ2) is 5.57. The monoisotopic (exact) mass is 231 g/mol. The highest BCUT2D eigenvalue weighted by Crippen LogP contribution is 2.32. The molecule has 1 aliphatic carbocycles. The molecular weight excluding hydrogens is 206 g/mol. The van der Waals surface area contributed by atoms with E-state index in [1.807, 2.05) is 0 Å². The third kappa shape index (κ3) is 3.02. The lowest BCUT2D eigenvalue weighted by atomic mass is 10.0. The van der Waals surface area contributed by atoms with E-state index in [0.29, 0.717) is 12.0 Å². The molecule has 1 heteroatoms. The van der Waals surface area contributed by atoms with Crippen LogP contribution in [0.3, 0.4) is 0 Å². The third-order valence-corrected chi connectivity index (χ3v) is 4.06. The molecular formula is C16H25N. The molecule has 1 nitrogen and oxygen atoms in total. The summed E-state index contributed by atoms with van der Waals surface area (Å²) in [4.78, 5) is 0. The summed E-state index contributed by atoms with van der Waals surface area (Å²) in [5.41, 5.74) is 2.80. The first-order chi connectivity index (χ1) is 8.20. The fourth-order valence-electron chi connectivity index (χ4n) is 2.93.